The quantitative estimate of drug-likeness (QED) is 0.592. The van der Waals surface area contributed by atoms with Gasteiger partial charge in [-0.05, 0) is 12.1 Å². The number of rotatable bonds is 0. The fourth-order valence-corrected chi connectivity index (χ4v) is 1.99. The molecule has 0 atom stereocenters. The van der Waals surface area contributed by atoms with Gasteiger partial charge in [-0.2, -0.15) is 0 Å². The van der Waals surface area contributed by atoms with Gasteiger partial charge < -0.3 is 4.98 Å². The molecule has 74 valence electrons. The standard InChI is InChI=1S/C12H10N2O/c1-8(15)14-7-6-10-9-4-2-3-5-11(9)13-12(10)14/h2-7,13H,1H3. The maximum Gasteiger partial charge on any atom is 0.229 e. The zero-order chi connectivity index (χ0) is 10.4. The average molecular weight is 198 g/mol. The molecule has 0 aliphatic heterocycles. The third-order valence-electron chi connectivity index (χ3n) is 2.70. The van der Waals surface area contributed by atoms with E-state index in [0.717, 1.165) is 21.9 Å². The molecule has 2 heterocycles. The molecule has 0 radical (unpaired) electrons. The maximum absolute atomic E-state index is 11.3. The first-order valence-electron chi connectivity index (χ1n) is 4.86. The van der Waals surface area contributed by atoms with Gasteiger partial charge in [-0.25, -0.2) is 0 Å². The highest BCUT2D eigenvalue weighted by Gasteiger charge is 2.09. The highest BCUT2D eigenvalue weighted by molar-refractivity contribution is 6.08. The van der Waals surface area contributed by atoms with Crippen LogP contribution in [0.3, 0.4) is 0 Å². The zero-order valence-corrected chi connectivity index (χ0v) is 8.32. The Morgan fingerprint density at radius 3 is 2.80 bits per heavy atom. The number of H-pyrrole nitrogens is 1. The lowest BCUT2D eigenvalue weighted by atomic mass is 10.2. The van der Waals surface area contributed by atoms with Crippen LogP contribution in [0, 0.1) is 0 Å². The van der Waals surface area contributed by atoms with E-state index < -0.39 is 0 Å². The molecule has 1 aromatic carbocycles. The maximum atomic E-state index is 11.3. The van der Waals surface area contributed by atoms with Gasteiger partial charge in [-0.3, -0.25) is 9.36 Å². The largest absolute Gasteiger partial charge is 0.340 e. The molecular weight excluding hydrogens is 188 g/mol. The summed E-state index contributed by atoms with van der Waals surface area (Å²) in [6.07, 6.45) is 1.80. The molecule has 0 saturated heterocycles. The van der Waals surface area contributed by atoms with Crippen LogP contribution < -0.4 is 0 Å². The van der Waals surface area contributed by atoms with Crippen molar-refractivity contribution in [3.63, 3.8) is 0 Å². The number of aromatic nitrogens is 2. The molecule has 0 spiro atoms. The Kier molecular flexibility index (Phi) is 1.51. The zero-order valence-electron chi connectivity index (χ0n) is 8.32. The second-order valence-corrected chi connectivity index (χ2v) is 3.64. The van der Waals surface area contributed by atoms with E-state index in [2.05, 4.69) is 11.1 Å². The van der Waals surface area contributed by atoms with Crippen molar-refractivity contribution in [2.24, 2.45) is 0 Å². The molecule has 0 fully saturated rings. The molecule has 0 aliphatic carbocycles. The Balaban J connectivity index is 2.50. The van der Waals surface area contributed by atoms with Crippen LogP contribution in [0.4, 0.5) is 0 Å². The number of hydrogen-bond acceptors (Lipinski definition) is 1. The summed E-state index contributed by atoms with van der Waals surface area (Å²) in [6.45, 7) is 1.56. The third kappa shape index (κ3) is 1.03. The van der Waals surface area contributed by atoms with Gasteiger partial charge in [0.05, 0.1) is 0 Å². The Morgan fingerprint density at radius 2 is 2.00 bits per heavy atom. The van der Waals surface area contributed by atoms with Crippen LogP contribution in [-0.2, 0) is 0 Å². The second kappa shape index (κ2) is 2.73. The van der Waals surface area contributed by atoms with Crippen LogP contribution >= 0.6 is 0 Å². The van der Waals surface area contributed by atoms with Crippen LogP contribution in [-0.4, -0.2) is 15.5 Å². The van der Waals surface area contributed by atoms with Crippen molar-refractivity contribution in [1.29, 1.82) is 0 Å². The van der Waals surface area contributed by atoms with E-state index in [9.17, 15) is 4.79 Å². The minimum absolute atomic E-state index is 0.0246. The topological polar surface area (TPSA) is 37.8 Å². The number of aromatic amines is 1. The minimum Gasteiger partial charge on any atom is -0.340 e. The van der Waals surface area contributed by atoms with Gasteiger partial charge in [0.2, 0.25) is 5.91 Å². The fraction of sp³-hybridized carbons (Fsp3) is 0.0833. The third-order valence-corrected chi connectivity index (χ3v) is 2.70. The van der Waals surface area contributed by atoms with Crippen molar-refractivity contribution in [3.8, 4) is 0 Å². The number of fused-ring (bicyclic) bond motifs is 3. The number of carbonyl (C=O) groups is 1. The predicted molar refractivity (Wildman–Crippen MR) is 60.1 cm³/mol. The molecule has 1 N–H and O–H groups in total. The molecule has 3 nitrogen and oxygen atoms in total. The van der Waals surface area contributed by atoms with Crippen molar-refractivity contribution in [3.05, 3.63) is 36.5 Å². The number of hydrogen-bond donors (Lipinski definition) is 1. The Morgan fingerprint density at radius 1 is 1.20 bits per heavy atom. The van der Waals surface area contributed by atoms with Crippen LogP contribution in [0.15, 0.2) is 36.5 Å². The van der Waals surface area contributed by atoms with E-state index in [0.29, 0.717) is 0 Å². The van der Waals surface area contributed by atoms with Crippen LogP contribution in [0.5, 0.6) is 0 Å². The molecule has 0 amide bonds. The van der Waals surface area contributed by atoms with E-state index >= 15 is 0 Å². The summed E-state index contributed by atoms with van der Waals surface area (Å²) in [5.41, 5.74) is 1.95. The van der Waals surface area contributed by atoms with Crippen molar-refractivity contribution in [2.75, 3.05) is 0 Å². The monoisotopic (exact) mass is 198 g/mol. The average Bonchev–Trinajstić information content (AvgIpc) is 2.74. The van der Waals surface area contributed by atoms with Gasteiger partial charge in [0.15, 0.2) is 0 Å². The summed E-state index contributed by atoms with van der Waals surface area (Å²) in [7, 11) is 0. The van der Waals surface area contributed by atoms with E-state index in [4.69, 9.17) is 0 Å². The fourth-order valence-electron chi connectivity index (χ4n) is 1.99. The molecule has 0 unspecified atom stereocenters. The highest BCUT2D eigenvalue weighted by atomic mass is 16.1. The van der Waals surface area contributed by atoms with E-state index in [1.165, 1.54) is 0 Å². The normalized spacial score (nSPS) is 11.3. The second-order valence-electron chi connectivity index (χ2n) is 3.64. The lowest BCUT2D eigenvalue weighted by Gasteiger charge is -1.94. The summed E-state index contributed by atoms with van der Waals surface area (Å²) in [4.78, 5) is 14.6. The Labute approximate surface area is 86.3 Å². The van der Waals surface area contributed by atoms with Gasteiger partial charge in [0.25, 0.3) is 0 Å². The summed E-state index contributed by atoms with van der Waals surface area (Å²) in [5, 5.41) is 2.26. The highest BCUT2D eigenvalue weighted by Crippen LogP contribution is 2.25. The molecule has 0 bridgehead atoms. The predicted octanol–water partition coefficient (Wildman–Crippen LogP) is 2.78. The lowest BCUT2D eigenvalue weighted by molar-refractivity contribution is 0.0941. The molecule has 0 saturated carbocycles. The molecule has 2 aromatic heterocycles. The van der Waals surface area contributed by atoms with Crippen LogP contribution in [0.25, 0.3) is 21.9 Å². The van der Waals surface area contributed by atoms with E-state index in [1.807, 2.05) is 24.3 Å². The van der Waals surface area contributed by atoms with Gasteiger partial charge in [-0.1, -0.05) is 18.2 Å². The number of nitrogens with one attached hydrogen (secondary N) is 1. The lowest BCUT2D eigenvalue weighted by Crippen LogP contribution is -2.02. The first-order chi connectivity index (χ1) is 7.27. The number of benzene rings is 1. The van der Waals surface area contributed by atoms with E-state index in [1.54, 1.807) is 17.7 Å². The van der Waals surface area contributed by atoms with Crippen LogP contribution in [0.2, 0.25) is 0 Å². The SMILES string of the molecule is CC(=O)n1ccc2c3ccccc3[nH]c21. The van der Waals surface area contributed by atoms with Crippen molar-refractivity contribution < 1.29 is 4.79 Å². The van der Waals surface area contributed by atoms with Gasteiger partial charge in [0.1, 0.15) is 5.65 Å². The molecule has 3 heteroatoms. The summed E-state index contributed by atoms with van der Waals surface area (Å²) < 4.78 is 1.63. The van der Waals surface area contributed by atoms with Gasteiger partial charge in [-0.15, -0.1) is 0 Å². The van der Waals surface area contributed by atoms with Crippen molar-refractivity contribution in [2.45, 2.75) is 6.92 Å². The molecule has 3 aromatic rings. The van der Waals surface area contributed by atoms with Crippen LogP contribution in [0.1, 0.15) is 11.7 Å². The summed E-state index contributed by atoms with van der Waals surface area (Å²) >= 11 is 0. The van der Waals surface area contributed by atoms with E-state index in [-0.39, 0.29) is 5.91 Å². The number of para-hydroxylation sites is 1. The molecule has 15 heavy (non-hydrogen) atoms. The van der Waals surface area contributed by atoms with Gasteiger partial charge >= 0.3 is 0 Å². The first kappa shape index (κ1) is 8.29. The smallest absolute Gasteiger partial charge is 0.229 e. The van der Waals surface area contributed by atoms with Crippen molar-refractivity contribution >= 4 is 27.8 Å². The Bertz CT molecular complexity index is 660. The van der Waals surface area contributed by atoms with Crippen molar-refractivity contribution in [1.82, 2.24) is 9.55 Å². The first-order valence-corrected chi connectivity index (χ1v) is 4.86. The Hall–Kier alpha value is -2.03. The molecule has 0 aliphatic rings. The van der Waals surface area contributed by atoms with Gasteiger partial charge in [0, 0.05) is 29.4 Å². The minimum atomic E-state index is 0.0246. The summed E-state index contributed by atoms with van der Waals surface area (Å²) in [5.74, 6) is 0.0246. The number of carbonyl (C=O) groups excluding carboxylic acids is 1. The molecule has 3 rings (SSSR count). The molecular formula is C12H10N2O. The summed E-state index contributed by atoms with van der Waals surface area (Å²) in [6, 6.07) is 10.0. The number of nitrogens with zero attached hydrogens (tertiary/aromatic N) is 1.